The second-order valence-corrected chi connectivity index (χ2v) is 6.28. The molecule has 0 saturated carbocycles. The lowest BCUT2D eigenvalue weighted by molar-refractivity contribution is -0.147. The van der Waals surface area contributed by atoms with Gasteiger partial charge in [-0.05, 0) is 41.5 Å². The standard InChI is InChI=1S/C22H24FNO6/c1-24(13-16-6-5-7-17(23)10-16)20(25)14-30-21(26)9-8-15-11-18(27-2)22(29-4)19(12-15)28-3/h5-12H,13-14H2,1-4H3/b9-8+. The van der Waals surface area contributed by atoms with E-state index < -0.39 is 18.5 Å². The van der Waals surface area contributed by atoms with E-state index >= 15 is 0 Å². The summed E-state index contributed by atoms with van der Waals surface area (Å²) in [5.74, 6) is -0.147. The van der Waals surface area contributed by atoms with Crippen LogP contribution in [0.3, 0.4) is 0 Å². The number of rotatable bonds is 9. The molecule has 2 aromatic carbocycles. The first-order valence-electron chi connectivity index (χ1n) is 9.01. The molecule has 0 N–H and O–H groups in total. The van der Waals surface area contributed by atoms with Gasteiger partial charge in [-0.3, -0.25) is 4.79 Å². The fourth-order valence-electron chi connectivity index (χ4n) is 2.65. The first-order valence-corrected chi connectivity index (χ1v) is 9.01. The van der Waals surface area contributed by atoms with Crippen molar-refractivity contribution in [2.24, 2.45) is 0 Å². The van der Waals surface area contributed by atoms with Gasteiger partial charge in [0.05, 0.1) is 21.3 Å². The predicted molar refractivity (Wildman–Crippen MR) is 109 cm³/mol. The number of carbonyl (C=O) groups excluding carboxylic acids is 2. The molecule has 0 atom stereocenters. The van der Waals surface area contributed by atoms with E-state index in [9.17, 15) is 14.0 Å². The van der Waals surface area contributed by atoms with Gasteiger partial charge in [0.15, 0.2) is 18.1 Å². The molecule has 0 aliphatic carbocycles. The van der Waals surface area contributed by atoms with Crippen molar-refractivity contribution in [3.8, 4) is 17.2 Å². The molecule has 2 aromatic rings. The second-order valence-electron chi connectivity index (χ2n) is 6.28. The van der Waals surface area contributed by atoms with Crippen molar-refractivity contribution in [2.45, 2.75) is 6.54 Å². The van der Waals surface area contributed by atoms with Crippen molar-refractivity contribution in [1.29, 1.82) is 0 Å². The summed E-state index contributed by atoms with van der Waals surface area (Å²) in [5, 5.41) is 0. The summed E-state index contributed by atoms with van der Waals surface area (Å²) < 4.78 is 34.0. The van der Waals surface area contributed by atoms with Gasteiger partial charge in [-0.25, -0.2) is 9.18 Å². The zero-order valence-corrected chi connectivity index (χ0v) is 17.3. The molecule has 7 nitrogen and oxygen atoms in total. The van der Waals surface area contributed by atoms with E-state index in [1.165, 1.54) is 50.5 Å². The van der Waals surface area contributed by atoms with E-state index in [1.807, 2.05) is 0 Å². The summed E-state index contributed by atoms with van der Waals surface area (Å²) in [6.45, 7) is -0.223. The van der Waals surface area contributed by atoms with Crippen LogP contribution in [0.4, 0.5) is 4.39 Å². The van der Waals surface area contributed by atoms with Crippen molar-refractivity contribution < 1.29 is 32.9 Å². The number of esters is 1. The number of benzene rings is 2. The molecule has 0 radical (unpaired) electrons. The number of hydrogen-bond donors (Lipinski definition) is 0. The molecule has 160 valence electrons. The van der Waals surface area contributed by atoms with Gasteiger partial charge < -0.3 is 23.8 Å². The van der Waals surface area contributed by atoms with Crippen LogP contribution >= 0.6 is 0 Å². The largest absolute Gasteiger partial charge is 0.493 e. The lowest BCUT2D eigenvalue weighted by Gasteiger charge is -2.17. The average Bonchev–Trinajstić information content (AvgIpc) is 2.74. The molecule has 0 aliphatic rings. The number of carbonyl (C=O) groups is 2. The van der Waals surface area contributed by atoms with Crippen LogP contribution in [0.5, 0.6) is 17.2 Å². The maximum atomic E-state index is 13.2. The van der Waals surface area contributed by atoms with E-state index in [2.05, 4.69) is 0 Å². The number of likely N-dealkylation sites (N-methyl/N-ethyl adjacent to an activating group) is 1. The summed E-state index contributed by atoms with van der Waals surface area (Å²) in [6, 6.07) is 9.28. The molecule has 0 saturated heterocycles. The fraction of sp³-hybridized carbons (Fsp3) is 0.273. The first-order chi connectivity index (χ1) is 14.4. The Morgan fingerprint density at radius 1 is 1.03 bits per heavy atom. The lowest BCUT2D eigenvalue weighted by Crippen LogP contribution is -2.30. The van der Waals surface area contributed by atoms with Gasteiger partial charge in [0.1, 0.15) is 5.82 Å². The summed E-state index contributed by atoms with van der Waals surface area (Å²) in [6.07, 6.45) is 2.70. The van der Waals surface area contributed by atoms with Crippen molar-refractivity contribution in [3.05, 3.63) is 59.4 Å². The van der Waals surface area contributed by atoms with Crippen LogP contribution in [0.2, 0.25) is 0 Å². The highest BCUT2D eigenvalue weighted by atomic mass is 19.1. The lowest BCUT2D eigenvalue weighted by atomic mass is 10.1. The van der Waals surface area contributed by atoms with Gasteiger partial charge in [0.25, 0.3) is 5.91 Å². The van der Waals surface area contributed by atoms with Gasteiger partial charge in [0, 0.05) is 19.7 Å². The highest BCUT2D eigenvalue weighted by molar-refractivity contribution is 5.89. The highest BCUT2D eigenvalue weighted by Crippen LogP contribution is 2.38. The van der Waals surface area contributed by atoms with Crippen LogP contribution in [-0.4, -0.2) is 51.8 Å². The van der Waals surface area contributed by atoms with Crippen molar-refractivity contribution >= 4 is 18.0 Å². The van der Waals surface area contributed by atoms with E-state index in [0.717, 1.165) is 0 Å². The topological polar surface area (TPSA) is 74.3 Å². The minimum Gasteiger partial charge on any atom is -0.493 e. The van der Waals surface area contributed by atoms with Crippen molar-refractivity contribution in [3.63, 3.8) is 0 Å². The Morgan fingerprint density at radius 3 is 2.27 bits per heavy atom. The second kappa shape index (κ2) is 10.8. The minimum atomic E-state index is -0.684. The molecule has 0 spiro atoms. The van der Waals surface area contributed by atoms with Crippen LogP contribution < -0.4 is 14.2 Å². The Kier molecular flexibility index (Phi) is 8.22. The predicted octanol–water partition coefficient (Wildman–Crippen LogP) is 3.07. The van der Waals surface area contributed by atoms with E-state index in [1.54, 1.807) is 31.3 Å². The molecular formula is C22H24FNO6. The Labute approximate surface area is 174 Å². The molecule has 0 aliphatic heterocycles. The van der Waals surface area contributed by atoms with Crippen LogP contribution in [0, 0.1) is 5.82 Å². The van der Waals surface area contributed by atoms with Crippen LogP contribution in [0.15, 0.2) is 42.5 Å². The van der Waals surface area contributed by atoms with E-state index in [4.69, 9.17) is 18.9 Å². The molecule has 8 heteroatoms. The van der Waals surface area contributed by atoms with Crippen LogP contribution in [0.25, 0.3) is 6.08 Å². The third-order valence-electron chi connectivity index (χ3n) is 4.17. The number of hydrogen-bond acceptors (Lipinski definition) is 6. The SMILES string of the molecule is COc1cc(/C=C/C(=O)OCC(=O)N(C)Cc2cccc(F)c2)cc(OC)c1OC. The number of amides is 1. The minimum absolute atomic E-state index is 0.204. The fourth-order valence-corrected chi connectivity index (χ4v) is 2.65. The van der Waals surface area contributed by atoms with E-state index in [-0.39, 0.29) is 12.4 Å². The average molecular weight is 417 g/mol. The number of halogens is 1. The number of methoxy groups -OCH3 is 3. The summed E-state index contributed by atoms with van der Waals surface area (Å²) in [5.41, 5.74) is 1.26. The Bertz CT molecular complexity index is 903. The summed E-state index contributed by atoms with van der Waals surface area (Å²) >= 11 is 0. The zero-order chi connectivity index (χ0) is 22.1. The molecule has 2 rings (SSSR count). The van der Waals surface area contributed by atoms with Gasteiger partial charge in [-0.1, -0.05) is 12.1 Å². The third kappa shape index (κ3) is 6.23. The molecule has 0 heterocycles. The smallest absolute Gasteiger partial charge is 0.331 e. The highest BCUT2D eigenvalue weighted by Gasteiger charge is 2.14. The van der Waals surface area contributed by atoms with Gasteiger partial charge >= 0.3 is 5.97 Å². The van der Waals surface area contributed by atoms with Crippen molar-refractivity contribution in [1.82, 2.24) is 4.90 Å². The first kappa shape index (κ1) is 22.7. The van der Waals surface area contributed by atoms with Gasteiger partial charge in [-0.2, -0.15) is 0 Å². The molecule has 0 aromatic heterocycles. The quantitative estimate of drug-likeness (QED) is 0.461. The maximum Gasteiger partial charge on any atom is 0.331 e. The molecular weight excluding hydrogens is 393 g/mol. The summed E-state index contributed by atoms with van der Waals surface area (Å²) in [7, 11) is 6.03. The normalized spacial score (nSPS) is 10.6. The molecule has 1 amide bonds. The molecule has 0 fully saturated rings. The monoisotopic (exact) mass is 417 g/mol. The number of nitrogens with zero attached hydrogens (tertiary/aromatic N) is 1. The summed E-state index contributed by atoms with van der Waals surface area (Å²) in [4.78, 5) is 25.4. The Hall–Kier alpha value is -3.55. The van der Waals surface area contributed by atoms with Gasteiger partial charge in [-0.15, -0.1) is 0 Å². The molecule has 0 unspecified atom stereocenters. The zero-order valence-electron chi connectivity index (χ0n) is 17.3. The Morgan fingerprint density at radius 2 is 1.70 bits per heavy atom. The Balaban J connectivity index is 1.93. The van der Waals surface area contributed by atoms with Crippen LogP contribution in [0.1, 0.15) is 11.1 Å². The maximum absolute atomic E-state index is 13.2. The van der Waals surface area contributed by atoms with E-state index in [0.29, 0.717) is 28.4 Å². The molecule has 0 bridgehead atoms. The van der Waals surface area contributed by atoms with Gasteiger partial charge in [0.2, 0.25) is 5.75 Å². The van der Waals surface area contributed by atoms with Crippen molar-refractivity contribution in [2.75, 3.05) is 35.0 Å². The van der Waals surface area contributed by atoms with Crippen LogP contribution in [-0.2, 0) is 20.9 Å². The third-order valence-corrected chi connectivity index (χ3v) is 4.17. The number of ether oxygens (including phenoxy) is 4. The molecule has 30 heavy (non-hydrogen) atoms.